The zero-order valence-corrected chi connectivity index (χ0v) is 14.7. The number of carbonyl (C=O) groups is 2. The SMILES string of the molecule is CC(C)(C)OC(=O)NC[C@@H]1CCC[C@H]1C(=O)OCc1ccccc1. The number of alkyl carbamates (subject to hydrolysis) is 1. The van der Waals surface area contributed by atoms with Crippen LogP contribution in [-0.4, -0.2) is 24.2 Å². The van der Waals surface area contributed by atoms with Crippen molar-refractivity contribution in [2.75, 3.05) is 6.54 Å². The van der Waals surface area contributed by atoms with E-state index < -0.39 is 11.7 Å². The molecule has 1 fully saturated rings. The Balaban J connectivity index is 1.79. The lowest BCUT2D eigenvalue weighted by molar-refractivity contribution is -0.151. The van der Waals surface area contributed by atoms with Crippen LogP contribution < -0.4 is 5.32 Å². The van der Waals surface area contributed by atoms with Crippen molar-refractivity contribution >= 4 is 12.1 Å². The minimum absolute atomic E-state index is 0.112. The maximum absolute atomic E-state index is 12.3. The highest BCUT2D eigenvalue weighted by molar-refractivity contribution is 5.73. The van der Waals surface area contributed by atoms with Gasteiger partial charge in [-0.3, -0.25) is 4.79 Å². The zero-order valence-electron chi connectivity index (χ0n) is 14.7. The molecular weight excluding hydrogens is 306 g/mol. The molecule has 0 aromatic heterocycles. The summed E-state index contributed by atoms with van der Waals surface area (Å²) in [5.41, 5.74) is 0.459. The third-order valence-corrected chi connectivity index (χ3v) is 4.09. The topological polar surface area (TPSA) is 64.6 Å². The third-order valence-electron chi connectivity index (χ3n) is 4.09. The van der Waals surface area contributed by atoms with Gasteiger partial charge in [-0.2, -0.15) is 0 Å². The second kappa shape index (κ2) is 8.18. The van der Waals surface area contributed by atoms with E-state index in [-0.39, 0.29) is 17.8 Å². The molecule has 1 amide bonds. The molecule has 2 rings (SSSR count). The predicted molar refractivity (Wildman–Crippen MR) is 91.3 cm³/mol. The fraction of sp³-hybridized carbons (Fsp3) is 0.579. The molecular formula is C19H27NO4. The first kappa shape index (κ1) is 18.3. The van der Waals surface area contributed by atoms with E-state index in [4.69, 9.17) is 9.47 Å². The van der Waals surface area contributed by atoms with Crippen LogP contribution in [0.5, 0.6) is 0 Å². The van der Waals surface area contributed by atoms with E-state index in [0.29, 0.717) is 13.2 Å². The minimum Gasteiger partial charge on any atom is -0.461 e. The normalized spacial score (nSPS) is 20.5. The van der Waals surface area contributed by atoms with E-state index in [2.05, 4.69) is 5.32 Å². The van der Waals surface area contributed by atoms with E-state index >= 15 is 0 Å². The molecule has 1 aromatic carbocycles. The molecule has 0 unspecified atom stereocenters. The Kier molecular flexibility index (Phi) is 6.23. The van der Waals surface area contributed by atoms with Crippen molar-refractivity contribution in [1.82, 2.24) is 5.32 Å². The van der Waals surface area contributed by atoms with Crippen molar-refractivity contribution in [3.8, 4) is 0 Å². The molecule has 0 heterocycles. The molecule has 1 aliphatic carbocycles. The first-order valence-corrected chi connectivity index (χ1v) is 8.52. The van der Waals surface area contributed by atoms with Crippen LogP contribution in [0.1, 0.15) is 45.6 Å². The Labute approximate surface area is 143 Å². The van der Waals surface area contributed by atoms with Crippen molar-refractivity contribution in [3.05, 3.63) is 35.9 Å². The fourth-order valence-electron chi connectivity index (χ4n) is 2.96. The van der Waals surface area contributed by atoms with Crippen LogP contribution in [0.15, 0.2) is 30.3 Å². The molecule has 0 aliphatic heterocycles. The van der Waals surface area contributed by atoms with E-state index in [9.17, 15) is 9.59 Å². The maximum Gasteiger partial charge on any atom is 0.407 e. The highest BCUT2D eigenvalue weighted by Gasteiger charge is 2.34. The molecule has 1 saturated carbocycles. The Morgan fingerprint density at radius 1 is 1.17 bits per heavy atom. The summed E-state index contributed by atoms with van der Waals surface area (Å²) in [4.78, 5) is 24.1. The number of rotatable bonds is 5. The van der Waals surface area contributed by atoms with Gasteiger partial charge in [0, 0.05) is 6.54 Å². The molecule has 132 valence electrons. The average molecular weight is 333 g/mol. The summed E-state index contributed by atoms with van der Waals surface area (Å²) in [5.74, 6) is -0.211. The van der Waals surface area contributed by atoms with Crippen molar-refractivity contribution in [3.63, 3.8) is 0 Å². The van der Waals surface area contributed by atoms with Crippen LogP contribution in [0.2, 0.25) is 0 Å². The highest BCUT2D eigenvalue weighted by atomic mass is 16.6. The summed E-state index contributed by atoms with van der Waals surface area (Å²) in [6, 6.07) is 9.65. The average Bonchev–Trinajstić information content (AvgIpc) is 2.98. The zero-order chi connectivity index (χ0) is 17.6. The summed E-state index contributed by atoms with van der Waals surface area (Å²) < 4.78 is 10.7. The number of hydrogen-bond donors (Lipinski definition) is 1. The molecule has 0 spiro atoms. The summed E-state index contributed by atoms with van der Waals surface area (Å²) in [6.07, 6.45) is 2.27. The van der Waals surface area contributed by atoms with Crippen molar-refractivity contribution < 1.29 is 19.1 Å². The van der Waals surface area contributed by atoms with Crippen LogP contribution in [-0.2, 0) is 20.9 Å². The van der Waals surface area contributed by atoms with E-state index in [1.165, 1.54) is 0 Å². The van der Waals surface area contributed by atoms with Crippen LogP contribution in [0.4, 0.5) is 4.79 Å². The largest absolute Gasteiger partial charge is 0.461 e. The quantitative estimate of drug-likeness (QED) is 0.835. The van der Waals surface area contributed by atoms with Crippen LogP contribution in [0.25, 0.3) is 0 Å². The number of hydrogen-bond acceptors (Lipinski definition) is 4. The Morgan fingerprint density at radius 3 is 2.54 bits per heavy atom. The van der Waals surface area contributed by atoms with Crippen LogP contribution in [0, 0.1) is 11.8 Å². The van der Waals surface area contributed by atoms with Gasteiger partial charge < -0.3 is 14.8 Å². The molecule has 5 heteroatoms. The van der Waals surface area contributed by atoms with Crippen molar-refractivity contribution in [2.24, 2.45) is 11.8 Å². The van der Waals surface area contributed by atoms with Gasteiger partial charge in [0.05, 0.1) is 5.92 Å². The Hall–Kier alpha value is -2.04. The van der Waals surface area contributed by atoms with Crippen molar-refractivity contribution in [2.45, 2.75) is 52.2 Å². The molecule has 0 bridgehead atoms. The molecule has 2 atom stereocenters. The molecule has 1 N–H and O–H groups in total. The second-order valence-corrected chi connectivity index (χ2v) is 7.27. The Morgan fingerprint density at radius 2 is 1.88 bits per heavy atom. The minimum atomic E-state index is -0.520. The van der Waals surface area contributed by atoms with Gasteiger partial charge in [0.1, 0.15) is 12.2 Å². The van der Waals surface area contributed by atoms with Gasteiger partial charge in [-0.05, 0) is 45.1 Å². The van der Waals surface area contributed by atoms with Gasteiger partial charge in [-0.1, -0.05) is 36.8 Å². The molecule has 24 heavy (non-hydrogen) atoms. The maximum atomic E-state index is 12.3. The lowest BCUT2D eigenvalue weighted by atomic mass is 9.96. The summed E-state index contributed by atoms with van der Waals surface area (Å²) in [6.45, 7) is 6.21. The Bertz CT molecular complexity index is 550. The number of carbonyl (C=O) groups excluding carboxylic acids is 2. The van der Waals surface area contributed by atoms with E-state index in [1.807, 2.05) is 51.1 Å². The molecule has 1 aromatic rings. The molecule has 5 nitrogen and oxygen atoms in total. The fourth-order valence-corrected chi connectivity index (χ4v) is 2.96. The third kappa shape index (κ3) is 5.87. The lowest BCUT2D eigenvalue weighted by Gasteiger charge is -2.22. The van der Waals surface area contributed by atoms with Gasteiger partial charge in [-0.25, -0.2) is 4.79 Å². The molecule has 1 aliphatic rings. The first-order valence-electron chi connectivity index (χ1n) is 8.52. The number of ether oxygens (including phenoxy) is 2. The molecule has 0 radical (unpaired) electrons. The first-order chi connectivity index (χ1) is 11.3. The highest BCUT2D eigenvalue weighted by Crippen LogP contribution is 2.32. The number of esters is 1. The van der Waals surface area contributed by atoms with Gasteiger partial charge in [0.2, 0.25) is 0 Å². The van der Waals surface area contributed by atoms with Gasteiger partial charge >= 0.3 is 12.1 Å². The van der Waals surface area contributed by atoms with Crippen LogP contribution in [0.3, 0.4) is 0 Å². The summed E-state index contributed by atoms with van der Waals surface area (Å²) >= 11 is 0. The van der Waals surface area contributed by atoms with Gasteiger partial charge in [-0.15, -0.1) is 0 Å². The second-order valence-electron chi connectivity index (χ2n) is 7.27. The number of nitrogens with one attached hydrogen (secondary N) is 1. The smallest absolute Gasteiger partial charge is 0.407 e. The lowest BCUT2D eigenvalue weighted by Crippen LogP contribution is -2.37. The molecule has 0 saturated heterocycles. The van der Waals surface area contributed by atoms with E-state index in [1.54, 1.807) is 0 Å². The predicted octanol–water partition coefficient (Wildman–Crippen LogP) is 3.67. The standard InChI is InChI=1S/C19H27NO4/c1-19(2,3)24-18(22)20-12-15-10-7-11-16(15)17(21)23-13-14-8-5-4-6-9-14/h4-6,8-9,15-16H,7,10-13H2,1-3H3,(H,20,22)/t15-,16+/m0/s1. The van der Waals surface area contributed by atoms with Crippen LogP contribution >= 0.6 is 0 Å². The van der Waals surface area contributed by atoms with Gasteiger partial charge in [0.15, 0.2) is 0 Å². The summed E-state index contributed by atoms with van der Waals surface area (Å²) in [7, 11) is 0. The summed E-state index contributed by atoms with van der Waals surface area (Å²) in [5, 5.41) is 2.77. The monoisotopic (exact) mass is 333 g/mol. The van der Waals surface area contributed by atoms with E-state index in [0.717, 1.165) is 24.8 Å². The number of amides is 1. The van der Waals surface area contributed by atoms with Crippen molar-refractivity contribution in [1.29, 1.82) is 0 Å². The van der Waals surface area contributed by atoms with Gasteiger partial charge in [0.25, 0.3) is 0 Å². The number of benzene rings is 1.